The summed E-state index contributed by atoms with van der Waals surface area (Å²) in [5, 5.41) is 3.02. The summed E-state index contributed by atoms with van der Waals surface area (Å²) >= 11 is 1.61. The van der Waals surface area contributed by atoms with Crippen LogP contribution in [-0.4, -0.2) is 41.6 Å². The van der Waals surface area contributed by atoms with Crippen molar-refractivity contribution in [2.24, 2.45) is 0 Å². The lowest BCUT2D eigenvalue weighted by Gasteiger charge is -2.30. The molecule has 1 atom stereocenters. The topological polar surface area (TPSA) is 49.4 Å². The Kier molecular flexibility index (Phi) is 11.2. The summed E-state index contributed by atoms with van der Waals surface area (Å²) in [5.41, 5.74) is 3.62. The number of carbonyl (C=O) groups excluding carboxylic acids is 2. The summed E-state index contributed by atoms with van der Waals surface area (Å²) in [6.45, 7) is 7.36. The van der Waals surface area contributed by atoms with Gasteiger partial charge in [-0.05, 0) is 37.3 Å². The second-order valence-corrected chi connectivity index (χ2v) is 8.86. The molecule has 0 aliphatic rings. The second-order valence-electron chi connectivity index (χ2n) is 7.87. The maximum absolute atomic E-state index is 13.2. The summed E-state index contributed by atoms with van der Waals surface area (Å²) < 4.78 is 0. The van der Waals surface area contributed by atoms with Gasteiger partial charge in [0.2, 0.25) is 11.8 Å². The van der Waals surface area contributed by atoms with Gasteiger partial charge >= 0.3 is 0 Å². The monoisotopic (exact) mass is 440 g/mol. The molecule has 0 unspecified atom stereocenters. The summed E-state index contributed by atoms with van der Waals surface area (Å²) in [6.07, 6.45) is 3.34. The molecule has 0 radical (unpaired) electrons. The van der Waals surface area contributed by atoms with E-state index in [1.54, 1.807) is 16.7 Å². The van der Waals surface area contributed by atoms with Crippen LogP contribution in [0.3, 0.4) is 0 Å². The number of aryl methyl sites for hydroxylation is 1. The van der Waals surface area contributed by atoms with Gasteiger partial charge in [0, 0.05) is 18.8 Å². The Labute approximate surface area is 191 Å². The van der Waals surface area contributed by atoms with Gasteiger partial charge in [0.15, 0.2) is 0 Å². The molecule has 2 amide bonds. The van der Waals surface area contributed by atoms with Crippen LogP contribution in [0, 0.1) is 6.92 Å². The van der Waals surface area contributed by atoms with Crippen molar-refractivity contribution >= 4 is 23.6 Å². The lowest BCUT2D eigenvalue weighted by Crippen LogP contribution is -2.50. The van der Waals surface area contributed by atoms with E-state index < -0.39 is 6.04 Å². The molecule has 2 rings (SSSR count). The minimum absolute atomic E-state index is 0.0329. The Bertz CT molecular complexity index is 793. The Morgan fingerprint density at radius 1 is 1.00 bits per heavy atom. The smallest absolute Gasteiger partial charge is 0.242 e. The van der Waals surface area contributed by atoms with Gasteiger partial charge in [0.05, 0.1) is 5.75 Å². The van der Waals surface area contributed by atoms with Crippen molar-refractivity contribution in [3.63, 3.8) is 0 Å². The fraction of sp³-hybridized carbons (Fsp3) is 0.462. The van der Waals surface area contributed by atoms with Crippen LogP contribution in [0.15, 0.2) is 54.6 Å². The minimum atomic E-state index is -0.423. The van der Waals surface area contributed by atoms with Gasteiger partial charge in [-0.3, -0.25) is 9.59 Å². The number of unbranched alkanes of at least 4 members (excludes halogenated alkanes) is 1. The molecule has 4 nitrogen and oxygen atoms in total. The predicted octanol–water partition coefficient (Wildman–Crippen LogP) is 4.99. The van der Waals surface area contributed by atoms with Crippen molar-refractivity contribution in [1.82, 2.24) is 10.2 Å². The Morgan fingerprint density at radius 2 is 1.71 bits per heavy atom. The molecule has 0 spiro atoms. The molecule has 0 saturated carbocycles. The Balaban J connectivity index is 2.02. The van der Waals surface area contributed by atoms with Crippen LogP contribution in [0.2, 0.25) is 0 Å². The lowest BCUT2D eigenvalue weighted by atomic mass is 10.1. The van der Waals surface area contributed by atoms with Crippen molar-refractivity contribution in [3.05, 3.63) is 71.3 Å². The van der Waals surface area contributed by atoms with Crippen LogP contribution >= 0.6 is 11.8 Å². The average Bonchev–Trinajstić information content (AvgIpc) is 2.78. The van der Waals surface area contributed by atoms with Crippen LogP contribution in [0.1, 0.15) is 49.8 Å². The molecule has 0 fully saturated rings. The van der Waals surface area contributed by atoms with Crippen molar-refractivity contribution in [2.75, 3.05) is 18.8 Å². The van der Waals surface area contributed by atoms with E-state index in [4.69, 9.17) is 0 Å². The molecule has 0 heterocycles. The van der Waals surface area contributed by atoms with Crippen LogP contribution in [0.4, 0.5) is 0 Å². The largest absolute Gasteiger partial charge is 0.354 e. The highest BCUT2D eigenvalue weighted by atomic mass is 32.2. The van der Waals surface area contributed by atoms with E-state index in [1.165, 1.54) is 16.7 Å². The fourth-order valence-electron chi connectivity index (χ4n) is 3.43. The highest BCUT2D eigenvalue weighted by Crippen LogP contribution is 2.16. The zero-order chi connectivity index (χ0) is 22.5. The number of nitrogens with one attached hydrogen (secondary N) is 1. The van der Waals surface area contributed by atoms with Crippen molar-refractivity contribution in [3.8, 4) is 0 Å². The highest BCUT2D eigenvalue weighted by molar-refractivity contribution is 7.99. The van der Waals surface area contributed by atoms with Gasteiger partial charge in [0.1, 0.15) is 6.04 Å². The van der Waals surface area contributed by atoms with Crippen LogP contribution < -0.4 is 5.32 Å². The molecular weight excluding hydrogens is 404 g/mol. The molecule has 2 aromatic carbocycles. The van der Waals surface area contributed by atoms with Crippen LogP contribution in [-0.2, 0) is 21.8 Å². The molecule has 1 N–H and O–H groups in total. The maximum atomic E-state index is 13.2. The van der Waals surface area contributed by atoms with Crippen molar-refractivity contribution in [2.45, 2.75) is 58.2 Å². The lowest BCUT2D eigenvalue weighted by molar-refractivity contribution is -0.138. The van der Waals surface area contributed by atoms with Crippen LogP contribution in [0.5, 0.6) is 0 Å². The quantitative estimate of drug-likeness (QED) is 0.446. The zero-order valence-corrected chi connectivity index (χ0v) is 19.9. The first kappa shape index (κ1) is 25.0. The van der Waals surface area contributed by atoms with Gasteiger partial charge < -0.3 is 10.2 Å². The molecule has 0 saturated heterocycles. The van der Waals surface area contributed by atoms with Crippen LogP contribution in [0.25, 0.3) is 0 Å². The van der Waals surface area contributed by atoms with Gasteiger partial charge in [-0.15, -0.1) is 11.8 Å². The first-order valence-corrected chi connectivity index (χ1v) is 12.4. The highest BCUT2D eigenvalue weighted by Gasteiger charge is 2.27. The molecule has 0 aromatic heterocycles. The molecule has 5 heteroatoms. The number of thioether (sulfide) groups is 1. The van der Waals surface area contributed by atoms with Gasteiger partial charge in [-0.25, -0.2) is 0 Å². The van der Waals surface area contributed by atoms with Gasteiger partial charge in [-0.2, -0.15) is 0 Å². The van der Waals surface area contributed by atoms with E-state index in [0.29, 0.717) is 25.3 Å². The average molecular weight is 441 g/mol. The maximum Gasteiger partial charge on any atom is 0.242 e. The third kappa shape index (κ3) is 8.78. The van der Waals surface area contributed by atoms with E-state index >= 15 is 0 Å². The van der Waals surface area contributed by atoms with Gasteiger partial charge in [0.25, 0.3) is 0 Å². The SMILES string of the molecule is CCCCNC(=O)[C@H](CC)N(CCc1ccccc1)C(=O)CSCc1ccc(C)cc1. The second kappa shape index (κ2) is 13.9. The molecule has 31 heavy (non-hydrogen) atoms. The predicted molar refractivity (Wildman–Crippen MR) is 131 cm³/mol. The molecular formula is C26H36N2O2S. The van der Waals surface area contributed by atoms with E-state index in [9.17, 15) is 9.59 Å². The number of hydrogen-bond acceptors (Lipinski definition) is 3. The summed E-state index contributed by atoms with van der Waals surface area (Å²) in [5.74, 6) is 1.16. The van der Waals surface area contributed by atoms with Gasteiger partial charge in [-0.1, -0.05) is 80.4 Å². The normalized spacial score (nSPS) is 11.7. The summed E-state index contributed by atoms with van der Waals surface area (Å²) in [7, 11) is 0. The van der Waals surface area contributed by atoms with Crippen molar-refractivity contribution < 1.29 is 9.59 Å². The number of hydrogen-bond donors (Lipinski definition) is 1. The molecule has 0 bridgehead atoms. The van der Waals surface area contributed by atoms with E-state index in [0.717, 1.165) is 25.0 Å². The number of carbonyl (C=O) groups is 2. The summed E-state index contributed by atoms with van der Waals surface area (Å²) in [6, 6.07) is 18.1. The Hall–Kier alpha value is -2.27. The first-order valence-electron chi connectivity index (χ1n) is 11.3. The number of benzene rings is 2. The van der Waals surface area contributed by atoms with E-state index in [1.807, 2.05) is 25.1 Å². The fourth-order valence-corrected chi connectivity index (χ4v) is 4.30. The summed E-state index contributed by atoms with van der Waals surface area (Å²) in [4.78, 5) is 27.8. The minimum Gasteiger partial charge on any atom is -0.354 e. The number of amides is 2. The molecule has 0 aliphatic carbocycles. The molecule has 2 aromatic rings. The van der Waals surface area contributed by atoms with E-state index in [2.05, 4.69) is 55.6 Å². The zero-order valence-electron chi connectivity index (χ0n) is 19.1. The Morgan fingerprint density at radius 3 is 2.35 bits per heavy atom. The molecule has 0 aliphatic heterocycles. The number of rotatable bonds is 13. The van der Waals surface area contributed by atoms with E-state index in [-0.39, 0.29) is 11.8 Å². The number of nitrogens with zero attached hydrogens (tertiary/aromatic N) is 1. The third-order valence-electron chi connectivity index (χ3n) is 5.31. The standard InChI is InChI=1S/C26H36N2O2S/c1-4-6-17-27-26(30)24(5-2)28(18-16-22-10-8-7-9-11-22)25(29)20-31-19-23-14-12-21(3)13-15-23/h7-15,24H,4-6,16-20H2,1-3H3,(H,27,30)/t24-/m0/s1. The molecule has 168 valence electrons. The first-order chi connectivity index (χ1) is 15.0. The third-order valence-corrected chi connectivity index (χ3v) is 6.30. The van der Waals surface area contributed by atoms with Crippen molar-refractivity contribution in [1.29, 1.82) is 0 Å².